The molecular weight excluding hydrogens is 328 g/mol. The van der Waals surface area contributed by atoms with Crippen LogP contribution in [0.25, 0.3) is 11.4 Å². The molecule has 0 bridgehead atoms. The lowest BCUT2D eigenvalue weighted by molar-refractivity contribution is -0.111. The van der Waals surface area contributed by atoms with E-state index in [9.17, 15) is 4.79 Å². The van der Waals surface area contributed by atoms with Gasteiger partial charge in [-0.2, -0.15) is 0 Å². The zero-order valence-electron chi connectivity index (χ0n) is 15.1. The van der Waals surface area contributed by atoms with E-state index in [1.807, 2.05) is 0 Å². The molecule has 3 aromatic rings. The number of carbonyl (C=O) groups excluding carboxylic acids is 1. The zero-order valence-corrected chi connectivity index (χ0v) is 12.8. The van der Waals surface area contributed by atoms with Crippen molar-refractivity contribution in [2.24, 2.45) is 0 Å². The monoisotopic (exact) mass is 341 g/mol. The van der Waals surface area contributed by atoms with E-state index in [-0.39, 0.29) is 17.2 Å². The molecule has 1 aliphatic rings. The molecule has 0 saturated carbocycles. The molecule has 0 radical (unpaired) electrons. The standard InChI is InChI=1S/C16H11ClN6O/c17-10-1-2-14-12(7-10)21-13(16-22-19-9-23(14)16)8-15(24)20-11-3-5-18-6-4-11/h1-9,21H,(H,18,20,24)/b13-8-/i8D/hD2. The molecule has 2 aromatic heterocycles. The van der Waals surface area contributed by atoms with Gasteiger partial charge in [-0.3, -0.25) is 14.3 Å². The number of amides is 1. The number of rotatable bonds is 2. The molecule has 7 nitrogen and oxygen atoms in total. The molecule has 0 aliphatic carbocycles. The Hall–Kier alpha value is -3.19. The lowest BCUT2D eigenvalue weighted by atomic mass is 10.2. The van der Waals surface area contributed by atoms with Crippen LogP contribution in [0.15, 0.2) is 55.1 Å². The van der Waals surface area contributed by atoms with Crippen LogP contribution in [0.4, 0.5) is 11.4 Å². The average Bonchev–Trinajstić information content (AvgIpc) is 3.17. The molecule has 0 spiro atoms. The predicted octanol–water partition coefficient (Wildman–Crippen LogP) is 2.72. The van der Waals surface area contributed by atoms with Gasteiger partial charge in [-0.1, -0.05) is 11.6 Å². The molecule has 1 aromatic carbocycles. The number of nitrogens with one attached hydrogen (secondary N) is 2. The van der Waals surface area contributed by atoms with Gasteiger partial charge < -0.3 is 10.6 Å². The molecular formula is C16H11ClN6O. The first kappa shape index (κ1) is 11.4. The normalized spacial score (nSPS) is 16.4. The van der Waals surface area contributed by atoms with Crippen molar-refractivity contribution in [2.75, 3.05) is 10.6 Å². The van der Waals surface area contributed by atoms with Crippen molar-refractivity contribution in [2.45, 2.75) is 0 Å². The molecule has 0 unspecified atom stereocenters. The fourth-order valence-corrected chi connectivity index (χ4v) is 2.45. The highest BCUT2D eigenvalue weighted by Gasteiger charge is 2.22. The van der Waals surface area contributed by atoms with Crippen molar-refractivity contribution >= 4 is 34.6 Å². The molecule has 0 saturated heterocycles. The number of pyridine rings is 1. The minimum Gasteiger partial charge on any atom is -0.351 e. The number of fused-ring (bicyclic) bond motifs is 3. The van der Waals surface area contributed by atoms with Crippen LogP contribution in [0, 0.1) is 0 Å². The lowest BCUT2D eigenvalue weighted by Crippen LogP contribution is -2.17. The SMILES string of the molecule is [2H]/C(C(=O)N([2H])c1ccncc1)=C1\c2nncn2-c2ccc(Cl)cc2N1[2H]. The number of hydrogen-bond acceptors (Lipinski definition) is 5. The number of hydrogen-bond donors (Lipinski definition) is 2. The van der Waals surface area contributed by atoms with Gasteiger partial charge >= 0.3 is 0 Å². The third-order valence-corrected chi connectivity index (χ3v) is 3.54. The molecule has 24 heavy (non-hydrogen) atoms. The first-order chi connectivity index (χ1) is 13.0. The summed E-state index contributed by atoms with van der Waals surface area (Å²) in [5.41, 5.74) is 1.11. The molecule has 4 rings (SSSR count). The van der Waals surface area contributed by atoms with Crippen LogP contribution >= 0.6 is 11.6 Å². The number of halogens is 1. The van der Waals surface area contributed by atoms with E-state index in [0.29, 0.717) is 21.7 Å². The molecule has 1 amide bonds. The summed E-state index contributed by atoms with van der Waals surface area (Å²) in [5, 5.41) is 9.65. The van der Waals surface area contributed by atoms with Crippen molar-refractivity contribution < 1.29 is 8.99 Å². The van der Waals surface area contributed by atoms with Gasteiger partial charge in [0.05, 0.1) is 18.4 Å². The number of nitrogens with zero attached hydrogens (tertiary/aromatic N) is 4. The van der Waals surface area contributed by atoms with Gasteiger partial charge in [-0.25, -0.2) is 0 Å². The van der Waals surface area contributed by atoms with Crippen molar-refractivity contribution in [3.63, 3.8) is 0 Å². The Morgan fingerprint density at radius 3 is 3.08 bits per heavy atom. The fourth-order valence-electron chi connectivity index (χ4n) is 2.28. The van der Waals surface area contributed by atoms with E-state index >= 15 is 0 Å². The summed E-state index contributed by atoms with van der Waals surface area (Å²) in [7, 11) is 0. The van der Waals surface area contributed by atoms with Crippen molar-refractivity contribution in [1.29, 1.82) is 0 Å². The molecule has 2 N–H and O–H groups in total. The van der Waals surface area contributed by atoms with Gasteiger partial charge in [0.15, 0.2) is 8.65 Å². The molecule has 118 valence electrons. The third kappa shape index (κ3) is 2.61. The van der Waals surface area contributed by atoms with Crippen LogP contribution in [-0.4, -0.2) is 25.7 Å². The fraction of sp³-hybridized carbons (Fsp3) is 0. The summed E-state index contributed by atoms with van der Waals surface area (Å²) in [4.78, 5) is 16.5. The van der Waals surface area contributed by atoms with Crippen LogP contribution in [0.5, 0.6) is 0 Å². The van der Waals surface area contributed by atoms with Crippen LogP contribution in [-0.2, 0) is 4.79 Å². The van der Waals surface area contributed by atoms with E-state index in [4.69, 9.17) is 15.8 Å². The Bertz CT molecular complexity index is 1070. The second-order valence-corrected chi connectivity index (χ2v) is 5.30. The Balaban J connectivity index is 1.84. The van der Waals surface area contributed by atoms with E-state index < -0.39 is 12.0 Å². The van der Waals surface area contributed by atoms with Crippen LogP contribution in [0.3, 0.4) is 0 Å². The van der Waals surface area contributed by atoms with Crippen molar-refractivity contribution in [3.8, 4) is 5.69 Å². The second kappa shape index (κ2) is 5.78. The summed E-state index contributed by atoms with van der Waals surface area (Å²) in [6.45, 7) is 0. The highest BCUT2D eigenvalue weighted by molar-refractivity contribution is 6.31. The van der Waals surface area contributed by atoms with Crippen LogP contribution in [0.1, 0.15) is 7.20 Å². The summed E-state index contributed by atoms with van der Waals surface area (Å²) in [5.74, 6) is -0.769. The quantitative estimate of drug-likeness (QED) is 0.700. The topological polar surface area (TPSA) is 84.7 Å². The summed E-state index contributed by atoms with van der Waals surface area (Å²) in [6.07, 6.45) is 4.30. The Morgan fingerprint density at radius 1 is 1.42 bits per heavy atom. The van der Waals surface area contributed by atoms with E-state index in [1.54, 1.807) is 22.8 Å². The van der Waals surface area contributed by atoms with Gasteiger partial charge in [0.1, 0.15) is 6.33 Å². The first-order valence-corrected chi connectivity index (χ1v) is 7.30. The predicted molar refractivity (Wildman–Crippen MR) is 90.8 cm³/mol. The van der Waals surface area contributed by atoms with Crippen molar-refractivity contribution in [1.82, 2.24) is 19.7 Å². The highest BCUT2D eigenvalue weighted by Crippen LogP contribution is 2.33. The Morgan fingerprint density at radius 2 is 2.25 bits per heavy atom. The van der Waals surface area contributed by atoms with Crippen LogP contribution in [0.2, 0.25) is 7.85 Å². The smallest absolute Gasteiger partial charge is 0.250 e. The van der Waals surface area contributed by atoms with Gasteiger partial charge in [0.25, 0.3) is 5.91 Å². The average molecular weight is 342 g/mol. The largest absolute Gasteiger partial charge is 0.351 e. The van der Waals surface area contributed by atoms with Gasteiger partial charge in [-0.05, 0) is 30.3 Å². The summed E-state index contributed by atoms with van der Waals surface area (Å²) < 4.78 is 26.3. The Kier molecular flexibility index (Phi) is 2.74. The van der Waals surface area contributed by atoms with E-state index in [2.05, 4.69) is 15.2 Å². The summed E-state index contributed by atoms with van der Waals surface area (Å²) in [6, 6.07) is 7.28. The zero-order chi connectivity index (χ0) is 19.1. The second-order valence-electron chi connectivity index (χ2n) is 4.87. The first-order valence-electron chi connectivity index (χ1n) is 8.32. The maximum Gasteiger partial charge on any atom is 0.250 e. The number of aromatic nitrogens is 4. The highest BCUT2D eigenvalue weighted by atomic mass is 35.5. The number of anilines is 2. The number of carbonyl (C=O) groups is 1. The van der Waals surface area contributed by atoms with E-state index in [1.165, 1.54) is 30.9 Å². The summed E-state index contributed by atoms with van der Waals surface area (Å²) >= 11 is 6.04. The molecule has 0 atom stereocenters. The minimum atomic E-state index is -0.923. The van der Waals surface area contributed by atoms with Crippen molar-refractivity contribution in [3.05, 3.63) is 66.0 Å². The van der Waals surface area contributed by atoms with Gasteiger partial charge in [0, 0.05) is 29.2 Å². The maximum atomic E-state index is 12.7. The third-order valence-electron chi connectivity index (χ3n) is 3.31. The molecule has 3 heterocycles. The van der Waals surface area contributed by atoms with E-state index in [0.717, 1.165) is 5.31 Å². The number of benzene rings is 1. The lowest BCUT2D eigenvalue weighted by Gasteiger charge is -2.21. The minimum absolute atomic E-state index is 0.0985. The molecule has 1 aliphatic heterocycles. The van der Waals surface area contributed by atoms with Crippen LogP contribution < -0.4 is 10.6 Å². The molecule has 0 fully saturated rings. The maximum absolute atomic E-state index is 12.7. The van der Waals surface area contributed by atoms with Gasteiger partial charge in [0.2, 0.25) is 0 Å². The van der Waals surface area contributed by atoms with Gasteiger partial charge in [-0.15, -0.1) is 10.2 Å². The Labute approximate surface area is 146 Å². The molecule has 8 heteroatoms.